The number of hydrazine groups is 1. The minimum atomic E-state index is 0.207. The first kappa shape index (κ1) is 12.6. The molecule has 0 saturated carbocycles. The summed E-state index contributed by atoms with van der Waals surface area (Å²) >= 11 is 0. The van der Waals surface area contributed by atoms with Crippen molar-refractivity contribution in [2.24, 2.45) is 5.84 Å². The van der Waals surface area contributed by atoms with E-state index in [-0.39, 0.29) is 6.04 Å². The van der Waals surface area contributed by atoms with Crippen molar-refractivity contribution in [3.05, 3.63) is 12.2 Å². The SMILES string of the molecule is C=C(CC)CC(COCCC)NN. The van der Waals surface area contributed by atoms with Crippen molar-refractivity contribution < 1.29 is 4.74 Å². The van der Waals surface area contributed by atoms with E-state index < -0.39 is 0 Å². The van der Waals surface area contributed by atoms with Crippen LogP contribution >= 0.6 is 0 Å². The molecule has 13 heavy (non-hydrogen) atoms. The average Bonchev–Trinajstić information content (AvgIpc) is 2.16. The van der Waals surface area contributed by atoms with Crippen molar-refractivity contribution in [2.75, 3.05) is 13.2 Å². The van der Waals surface area contributed by atoms with E-state index in [1.807, 2.05) is 0 Å². The number of hydrogen-bond acceptors (Lipinski definition) is 3. The van der Waals surface area contributed by atoms with Gasteiger partial charge < -0.3 is 4.74 Å². The summed E-state index contributed by atoms with van der Waals surface area (Å²) in [5.74, 6) is 5.39. The molecule has 1 unspecified atom stereocenters. The maximum atomic E-state index is 5.40. The third-order valence-corrected chi connectivity index (χ3v) is 1.94. The predicted octanol–water partition coefficient (Wildman–Crippen LogP) is 1.60. The molecule has 3 nitrogen and oxygen atoms in total. The van der Waals surface area contributed by atoms with E-state index in [0.717, 1.165) is 25.9 Å². The van der Waals surface area contributed by atoms with Gasteiger partial charge in [-0.25, -0.2) is 0 Å². The lowest BCUT2D eigenvalue weighted by Gasteiger charge is -2.16. The fraction of sp³-hybridized carbons (Fsp3) is 0.800. The Hall–Kier alpha value is -0.380. The summed E-state index contributed by atoms with van der Waals surface area (Å²) in [5.41, 5.74) is 3.95. The molecular weight excluding hydrogens is 164 g/mol. The van der Waals surface area contributed by atoms with Crippen molar-refractivity contribution in [3.8, 4) is 0 Å². The van der Waals surface area contributed by atoms with Gasteiger partial charge in [-0.1, -0.05) is 26.0 Å². The summed E-state index contributed by atoms with van der Waals surface area (Å²) in [6.07, 6.45) is 2.95. The summed E-state index contributed by atoms with van der Waals surface area (Å²) < 4.78 is 5.40. The Bertz CT molecular complexity index is 137. The Morgan fingerprint density at radius 2 is 2.23 bits per heavy atom. The van der Waals surface area contributed by atoms with E-state index in [1.54, 1.807) is 0 Å². The van der Waals surface area contributed by atoms with Gasteiger partial charge in [0.25, 0.3) is 0 Å². The average molecular weight is 186 g/mol. The molecule has 0 aromatic carbocycles. The smallest absolute Gasteiger partial charge is 0.0636 e. The van der Waals surface area contributed by atoms with Crippen LogP contribution in [0.3, 0.4) is 0 Å². The number of nitrogens with one attached hydrogen (secondary N) is 1. The summed E-state index contributed by atoms with van der Waals surface area (Å²) in [5, 5.41) is 0. The molecule has 3 heteroatoms. The molecule has 0 amide bonds. The molecule has 0 aromatic rings. The summed E-state index contributed by atoms with van der Waals surface area (Å²) in [7, 11) is 0. The van der Waals surface area contributed by atoms with Crippen molar-refractivity contribution in [1.29, 1.82) is 0 Å². The van der Waals surface area contributed by atoms with Crippen molar-refractivity contribution in [2.45, 2.75) is 39.2 Å². The second-order valence-corrected chi connectivity index (χ2v) is 3.25. The zero-order valence-corrected chi connectivity index (χ0v) is 8.81. The molecule has 0 rings (SSSR count). The van der Waals surface area contributed by atoms with Gasteiger partial charge in [-0.2, -0.15) is 0 Å². The topological polar surface area (TPSA) is 47.3 Å². The third-order valence-electron chi connectivity index (χ3n) is 1.94. The van der Waals surface area contributed by atoms with Gasteiger partial charge in [-0.3, -0.25) is 11.3 Å². The molecule has 1 atom stereocenters. The molecule has 3 N–H and O–H groups in total. The van der Waals surface area contributed by atoms with Gasteiger partial charge in [0.05, 0.1) is 6.61 Å². The minimum Gasteiger partial charge on any atom is -0.380 e. The summed E-state index contributed by atoms with van der Waals surface area (Å²) in [4.78, 5) is 0. The largest absolute Gasteiger partial charge is 0.380 e. The van der Waals surface area contributed by atoms with Crippen LogP contribution in [-0.4, -0.2) is 19.3 Å². The highest BCUT2D eigenvalue weighted by Crippen LogP contribution is 2.06. The van der Waals surface area contributed by atoms with E-state index in [0.29, 0.717) is 6.61 Å². The van der Waals surface area contributed by atoms with Crippen LogP contribution in [0.15, 0.2) is 12.2 Å². The molecule has 0 bridgehead atoms. The lowest BCUT2D eigenvalue weighted by atomic mass is 10.1. The maximum Gasteiger partial charge on any atom is 0.0636 e. The summed E-state index contributed by atoms with van der Waals surface area (Å²) in [6, 6.07) is 0.207. The van der Waals surface area contributed by atoms with Gasteiger partial charge in [0.15, 0.2) is 0 Å². The van der Waals surface area contributed by atoms with Crippen LogP contribution < -0.4 is 11.3 Å². The first-order valence-electron chi connectivity index (χ1n) is 4.95. The second-order valence-electron chi connectivity index (χ2n) is 3.25. The quantitative estimate of drug-likeness (QED) is 0.262. The molecule has 0 saturated heterocycles. The Morgan fingerprint density at radius 3 is 2.69 bits per heavy atom. The lowest BCUT2D eigenvalue weighted by Crippen LogP contribution is -2.39. The molecule has 0 spiro atoms. The van der Waals surface area contributed by atoms with E-state index >= 15 is 0 Å². The maximum absolute atomic E-state index is 5.40. The van der Waals surface area contributed by atoms with Crippen LogP contribution in [0.4, 0.5) is 0 Å². The molecular formula is C10H22N2O. The van der Waals surface area contributed by atoms with Crippen molar-refractivity contribution >= 4 is 0 Å². The van der Waals surface area contributed by atoms with Gasteiger partial charge in [0.2, 0.25) is 0 Å². The first-order chi connectivity index (χ1) is 6.24. The highest BCUT2D eigenvalue weighted by Gasteiger charge is 2.06. The van der Waals surface area contributed by atoms with Crippen molar-refractivity contribution in [1.82, 2.24) is 5.43 Å². The van der Waals surface area contributed by atoms with Crippen LogP contribution in [0.1, 0.15) is 33.1 Å². The molecule has 0 aliphatic heterocycles. The first-order valence-corrected chi connectivity index (χ1v) is 4.95. The fourth-order valence-electron chi connectivity index (χ4n) is 1.03. The van der Waals surface area contributed by atoms with Gasteiger partial charge >= 0.3 is 0 Å². The molecule has 0 heterocycles. The minimum absolute atomic E-state index is 0.207. The molecule has 0 aliphatic rings. The Balaban J connectivity index is 3.56. The van der Waals surface area contributed by atoms with Crippen molar-refractivity contribution in [3.63, 3.8) is 0 Å². The molecule has 0 fully saturated rings. The lowest BCUT2D eigenvalue weighted by molar-refractivity contribution is 0.111. The molecule has 0 radical (unpaired) electrons. The van der Waals surface area contributed by atoms with Gasteiger partial charge in [-0.15, -0.1) is 0 Å². The number of nitrogens with two attached hydrogens (primary N) is 1. The third kappa shape index (κ3) is 6.75. The van der Waals surface area contributed by atoms with E-state index in [9.17, 15) is 0 Å². The van der Waals surface area contributed by atoms with E-state index in [1.165, 1.54) is 5.57 Å². The molecule has 0 aliphatic carbocycles. The van der Waals surface area contributed by atoms with Crippen LogP contribution in [0.5, 0.6) is 0 Å². The highest BCUT2D eigenvalue weighted by molar-refractivity contribution is 4.96. The normalized spacial score (nSPS) is 12.8. The van der Waals surface area contributed by atoms with E-state index in [4.69, 9.17) is 10.6 Å². The highest BCUT2D eigenvalue weighted by atomic mass is 16.5. The van der Waals surface area contributed by atoms with Crippen LogP contribution in [0.25, 0.3) is 0 Å². The van der Waals surface area contributed by atoms with Crippen LogP contribution in [-0.2, 0) is 4.74 Å². The van der Waals surface area contributed by atoms with Crippen LogP contribution in [0, 0.1) is 0 Å². The monoisotopic (exact) mass is 186 g/mol. The number of hydrogen-bond donors (Lipinski definition) is 2. The predicted molar refractivity (Wildman–Crippen MR) is 56.3 cm³/mol. The van der Waals surface area contributed by atoms with Gasteiger partial charge in [-0.05, 0) is 19.3 Å². The fourth-order valence-corrected chi connectivity index (χ4v) is 1.03. The Morgan fingerprint density at radius 1 is 1.54 bits per heavy atom. The number of rotatable bonds is 8. The molecule has 78 valence electrons. The van der Waals surface area contributed by atoms with Gasteiger partial charge in [0.1, 0.15) is 0 Å². The van der Waals surface area contributed by atoms with E-state index in [2.05, 4.69) is 25.9 Å². The Labute approximate surface area is 81.3 Å². The summed E-state index contributed by atoms with van der Waals surface area (Å²) in [6.45, 7) is 9.60. The zero-order chi connectivity index (χ0) is 10.1. The molecule has 0 aromatic heterocycles. The standard InChI is InChI=1S/C10H22N2O/c1-4-6-13-8-10(12-11)7-9(3)5-2/h10,12H,3-8,11H2,1-2H3. The zero-order valence-electron chi connectivity index (χ0n) is 8.81. The van der Waals surface area contributed by atoms with Gasteiger partial charge in [0, 0.05) is 12.6 Å². The Kier molecular flexibility index (Phi) is 7.99. The number of ether oxygens (including phenoxy) is 1. The van der Waals surface area contributed by atoms with Crippen LogP contribution in [0.2, 0.25) is 0 Å². The second kappa shape index (κ2) is 8.23.